The number of hydrogen-bond donors (Lipinski definition) is 2. The lowest BCUT2D eigenvalue weighted by molar-refractivity contribution is -0.150. The number of hydrogen-bond acceptors (Lipinski definition) is 4. The Balaban J connectivity index is 2.12. The standard InChI is InChI=1S/C12H20N2O3S/c1-12(2)4-3-5-13-9(12)10(15)14-7-18-6-8(14)11(16)17/h8-9,13H,3-7H2,1-2H3,(H,16,17)/t8-,9?/m0/s1. The van der Waals surface area contributed by atoms with E-state index in [-0.39, 0.29) is 17.4 Å². The van der Waals surface area contributed by atoms with Crippen LogP contribution < -0.4 is 5.32 Å². The fraction of sp³-hybridized carbons (Fsp3) is 0.833. The lowest BCUT2D eigenvalue weighted by atomic mass is 9.77. The van der Waals surface area contributed by atoms with Crippen LogP contribution in [0.3, 0.4) is 0 Å². The van der Waals surface area contributed by atoms with E-state index >= 15 is 0 Å². The molecule has 2 fully saturated rings. The third-order valence-electron chi connectivity index (χ3n) is 3.83. The van der Waals surface area contributed by atoms with E-state index in [0.717, 1.165) is 19.4 Å². The van der Waals surface area contributed by atoms with Gasteiger partial charge in [0.25, 0.3) is 0 Å². The summed E-state index contributed by atoms with van der Waals surface area (Å²) in [7, 11) is 0. The highest BCUT2D eigenvalue weighted by molar-refractivity contribution is 7.99. The van der Waals surface area contributed by atoms with Crippen molar-refractivity contribution >= 4 is 23.6 Å². The maximum Gasteiger partial charge on any atom is 0.327 e. The molecule has 0 aliphatic carbocycles. The average Bonchev–Trinajstić information content (AvgIpc) is 2.76. The molecule has 1 amide bonds. The minimum absolute atomic E-state index is 0.0582. The van der Waals surface area contributed by atoms with Crippen LogP contribution in [-0.4, -0.2) is 52.1 Å². The first-order valence-electron chi connectivity index (χ1n) is 6.28. The van der Waals surface area contributed by atoms with Crippen LogP contribution in [0.1, 0.15) is 26.7 Å². The highest BCUT2D eigenvalue weighted by Crippen LogP contribution is 2.33. The van der Waals surface area contributed by atoms with Gasteiger partial charge in [0.05, 0.1) is 11.9 Å². The van der Waals surface area contributed by atoms with Crippen molar-refractivity contribution in [1.29, 1.82) is 0 Å². The molecular formula is C12H20N2O3S. The van der Waals surface area contributed by atoms with Crippen LogP contribution in [-0.2, 0) is 9.59 Å². The van der Waals surface area contributed by atoms with E-state index < -0.39 is 12.0 Å². The van der Waals surface area contributed by atoms with Gasteiger partial charge in [-0.3, -0.25) is 4.79 Å². The SMILES string of the molecule is CC1(C)CCCNC1C(=O)N1CSC[C@H]1C(=O)O. The van der Waals surface area contributed by atoms with Crippen molar-refractivity contribution in [3.63, 3.8) is 0 Å². The van der Waals surface area contributed by atoms with Crippen LogP contribution in [0.25, 0.3) is 0 Å². The first-order valence-corrected chi connectivity index (χ1v) is 7.43. The zero-order valence-electron chi connectivity index (χ0n) is 10.8. The van der Waals surface area contributed by atoms with E-state index in [2.05, 4.69) is 19.2 Å². The zero-order valence-corrected chi connectivity index (χ0v) is 11.6. The number of aliphatic carboxylic acids is 1. The number of piperidine rings is 1. The number of nitrogens with one attached hydrogen (secondary N) is 1. The van der Waals surface area contributed by atoms with E-state index in [9.17, 15) is 9.59 Å². The molecule has 0 aromatic heterocycles. The first kappa shape index (κ1) is 13.7. The number of carboxylic acid groups (broad SMARTS) is 1. The number of amides is 1. The van der Waals surface area contributed by atoms with Gasteiger partial charge in [0, 0.05) is 5.75 Å². The average molecular weight is 272 g/mol. The molecule has 2 aliphatic heterocycles. The van der Waals surface area contributed by atoms with E-state index in [1.807, 2.05) is 0 Å². The monoisotopic (exact) mass is 272 g/mol. The van der Waals surface area contributed by atoms with Gasteiger partial charge in [-0.1, -0.05) is 13.8 Å². The number of nitrogens with zero attached hydrogens (tertiary/aromatic N) is 1. The molecule has 2 atom stereocenters. The highest BCUT2D eigenvalue weighted by atomic mass is 32.2. The fourth-order valence-corrected chi connectivity index (χ4v) is 3.82. The maximum atomic E-state index is 12.5. The molecule has 0 aromatic carbocycles. The number of thioether (sulfide) groups is 1. The Morgan fingerprint density at radius 3 is 2.78 bits per heavy atom. The first-order chi connectivity index (χ1) is 8.43. The summed E-state index contributed by atoms with van der Waals surface area (Å²) < 4.78 is 0. The van der Waals surface area contributed by atoms with Crippen molar-refractivity contribution in [1.82, 2.24) is 10.2 Å². The zero-order chi connectivity index (χ0) is 13.3. The Labute approximate surface area is 111 Å². The molecule has 1 unspecified atom stereocenters. The third-order valence-corrected chi connectivity index (χ3v) is 4.84. The Hall–Kier alpha value is -0.750. The molecule has 102 valence electrons. The fourth-order valence-electron chi connectivity index (χ4n) is 2.66. The number of carbonyl (C=O) groups is 2. The van der Waals surface area contributed by atoms with Crippen molar-refractivity contribution in [3.8, 4) is 0 Å². The molecule has 2 N–H and O–H groups in total. The van der Waals surface area contributed by atoms with Crippen LogP contribution in [0.4, 0.5) is 0 Å². The van der Waals surface area contributed by atoms with Crippen molar-refractivity contribution in [2.24, 2.45) is 5.41 Å². The molecule has 6 heteroatoms. The summed E-state index contributed by atoms with van der Waals surface area (Å²) in [6, 6.07) is -0.922. The van der Waals surface area contributed by atoms with Gasteiger partial charge in [-0.05, 0) is 24.8 Å². The molecule has 0 saturated carbocycles. The minimum atomic E-state index is -0.901. The van der Waals surface area contributed by atoms with Crippen molar-refractivity contribution in [3.05, 3.63) is 0 Å². The van der Waals surface area contributed by atoms with E-state index in [0.29, 0.717) is 11.6 Å². The topological polar surface area (TPSA) is 69.6 Å². The summed E-state index contributed by atoms with van der Waals surface area (Å²) in [5, 5.41) is 12.4. The Bertz CT molecular complexity index is 359. The predicted octanol–water partition coefficient (Wildman–Crippen LogP) is 0.751. The summed E-state index contributed by atoms with van der Waals surface area (Å²) in [6.07, 6.45) is 2.06. The van der Waals surface area contributed by atoms with Crippen molar-refractivity contribution < 1.29 is 14.7 Å². The molecule has 0 bridgehead atoms. The van der Waals surface area contributed by atoms with Crippen LogP contribution in [0.5, 0.6) is 0 Å². The quantitative estimate of drug-likeness (QED) is 0.776. The summed E-state index contributed by atoms with van der Waals surface area (Å²) in [5.74, 6) is 0.0252. The summed E-state index contributed by atoms with van der Waals surface area (Å²) in [4.78, 5) is 25.2. The largest absolute Gasteiger partial charge is 0.480 e. The molecule has 2 saturated heterocycles. The Kier molecular flexibility index (Phi) is 3.87. The van der Waals surface area contributed by atoms with E-state index in [4.69, 9.17) is 5.11 Å². The molecular weight excluding hydrogens is 252 g/mol. The number of carbonyl (C=O) groups excluding carboxylic acids is 1. The van der Waals surface area contributed by atoms with Gasteiger partial charge in [0.2, 0.25) is 5.91 Å². The van der Waals surface area contributed by atoms with Crippen LogP contribution >= 0.6 is 11.8 Å². The van der Waals surface area contributed by atoms with E-state index in [1.54, 1.807) is 0 Å². The van der Waals surface area contributed by atoms with Gasteiger partial charge in [0.1, 0.15) is 6.04 Å². The molecule has 0 radical (unpaired) electrons. The normalized spacial score (nSPS) is 31.3. The molecule has 5 nitrogen and oxygen atoms in total. The highest BCUT2D eigenvalue weighted by Gasteiger charge is 2.43. The van der Waals surface area contributed by atoms with Gasteiger partial charge in [-0.15, -0.1) is 11.8 Å². The third kappa shape index (κ3) is 2.49. The van der Waals surface area contributed by atoms with E-state index in [1.165, 1.54) is 16.7 Å². The molecule has 0 aromatic rings. The van der Waals surface area contributed by atoms with Gasteiger partial charge in [0.15, 0.2) is 0 Å². The molecule has 2 rings (SSSR count). The second-order valence-corrected chi connectivity index (χ2v) is 6.64. The van der Waals surface area contributed by atoms with Gasteiger partial charge in [-0.25, -0.2) is 4.79 Å². The van der Waals surface area contributed by atoms with Crippen LogP contribution in [0.15, 0.2) is 0 Å². The second kappa shape index (κ2) is 5.09. The molecule has 18 heavy (non-hydrogen) atoms. The van der Waals surface area contributed by atoms with Crippen molar-refractivity contribution in [2.45, 2.75) is 38.8 Å². The number of rotatable bonds is 2. The minimum Gasteiger partial charge on any atom is -0.480 e. The smallest absolute Gasteiger partial charge is 0.327 e. The summed E-state index contributed by atoms with van der Waals surface area (Å²) in [5.41, 5.74) is -0.106. The van der Waals surface area contributed by atoms with Crippen LogP contribution in [0, 0.1) is 5.41 Å². The predicted molar refractivity (Wildman–Crippen MR) is 70.4 cm³/mol. The van der Waals surface area contributed by atoms with Gasteiger partial charge < -0.3 is 15.3 Å². The second-order valence-electron chi connectivity index (χ2n) is 5.64. The number of carboxylic acids is 1. The van der Waals surface area contributed by atoms with Gasteiger partial charge in [-0.2, -0.15) is 0 Å². The Morgan fingerprint density at radius 1 is 1.44 bits per heavy atom. The molecule has 2 aliphatic rings. The summed E-state index contributed by atoms with van der Waals surface area (Å²) in [6.45, 7) is 4.97. The van der Waals surface area contributed by atoms with Crippen molar-refractivity contribution in [2.75, 3.05) is 18.2 Å². The lowest BCUT2D eigenvalue weighted by Crippen LogP contribution is -2.58. The lowest BCUT2D eigenvalue weighted by Gasteiger charge is -2.40. The van der Waals surface area contributed by atoms with Crippen LogP contribution in [0.2, 0.25) is 0 Å². The van der Waals surface area contributed by atoms with Gasteiger partial charge >= 0.3 is 5.97 Å². The Morgan fingerprint density at radius 2 is 2.17 bits per heavy atom. The maximum absolute atomic E-state index is 12.5. The molecule has 2 heterocycles. The molecule has 0 spiro atoms. The summed E-state index contributed by atoms with van der Waals surface area (Å²) >= 11 is 1.51.